The van der Waals surface area contributed by atoms with E-state index in [1.807, 2.05) is 0 Å². The van der Waals surface area contributed by atoms with Crippen LogP contribution in [0.3, 0.4) is 0 Å². The topological polar surface area (TPSA) is 148 Å². The lowest BCUT2D eigenvalue weighted by Gasteiger charge is -2.15. The van der Waals surface area contributed by atoms with Crippen LogP contribution in [0.2, 0.25) is 0 Å². The van der Waals surface area contributed by atoms with Crippen molar-refractivity contribution in [3.8, 4) is 0 Å². The number of aryl methyl sites for hydroxylation is 1. The van der Waals surface area contributed by atoms with Crippen LogP contribution in [0.4, 0.5) is 0 Å². The SMILES string of the molecule is Cc1cn([C@H]2C[C@H](N=[N+]=[N-])[C@@H](CO[P+](=O)OC(C)(C)C)O2)c(=O)[nH]c1=O. The van der Waals surface area contributed by atoms with Crippen molar-refractivity contribution >= 4 is 8.25 Å². The maximum absolute atomic E-state index is 12.0. The molecule has 1 fully saturated rings. The molecule has 0 aromatic carbocycles. The van der Waals surface area contributed by atoms with Crippen LogP contribution < -0.4 is 11.2 Å². The molecule has 1 aromatic heterocycles. The van der Waals surface area contributed by atoms with Crippen molar-refractivity contribution in [2.45, 2.75) is 58.1 Å². The third-order valence-corrected chi connectivity index (χ3v) is 4.61. The molecule has 1 saturated heterocycles. The smallest absolute Gasteiger partial charge is 0.352 e. The molecule has 0 saturated carbocycles. The summed E-state index contributed by atoms with van der Waals surface area (Å²) in [5.41, 5.74) is 7.32. The molecule has 12 heteroatoms. The van der Waals surface area contributed by atoms with Crippen LogP contribution in [0.1, 0.15) is 39.0 Å². The molecule has 0 radical (unpaired) electrons. The first-order valence-corrected chi connectivity index (χ1v) is 9.01. The largest absolute Gasteiger partial charge is 0.698 e. The van der Waals surface area contributed by atoms with Gasteiger partial charge in [-0.2, -0.15) is 0 Å². The molecule has 11 nitrogen and oxygen atoms in total. The standard InChI is InChI=1S/C14H20N5O6P/c1-8-6-19(13(21)16-12(8)20)11-5-9(17-18-15)10(24-11)7-23-26(22)25-14(2,3)4/h6,9-11H,5,7H2,1-4H3/p+1/t9-,10+,11+/m0/s1. The van der Waals surface area contributed by atoms with E-state index in [2.05, 4.69) is 15.0 Å². The van der Waals surface area contributed by atoms with E-state index < -0.39 is 43.5 Å². The van der Waals surface area contributed by atoms with Gasteiger partial charge in [0.05, 0.1) is 12.1 Å². The number of ether oxygens (including phenoxy) is 1. The van der Waals surface area contributed by atoms with E-state index in [-0.39, 0.29) is 13.0 Å². The molecule has 1 N–H and O–H groups in total. The van der Waals surface area contributed by atoms with Gasteiger partial charge in [0.15, 0.2) is 0 Å². The molecular formula is C14H21N5O6P+. The van der Waals surface area contributed by atoms with E-state index in [0.29, 0.717) is 5.56 Å². The van der Waals surface area contributed by atoms with Crippen molar-refractivity contribution in [2.24, 2.45) is 5.11 Å². The summed E-state index contributed by atoms with van der Waals surface area (Å²) in [5.74, 6) is 0. The van der Waals surface area contributed by atoms with E-state index in [0.717, 1.165) is 0 Å². The Morgan fingerprint density at radius 3 is 2.81 bits per heavy atom. The van der Waals surface area contributed by atoms with Gasteiger partial charge in [-0.15, -0.1) is 9.05 Å². The van der Waals surface area contributed by atoms with Gasteiger partial charge in [-0.25, -0.2) is 4.79 Å². The molecule has 26 heavy (non-hydrogen) atoms. The molecule has 142 valence electrons. The van der Waals surface area contributed by atoms with Gasteiger partial charge >= 0.3 is 13.9 Å². The fourth-order valence-electron chi connectivity index (χ4n) is 2.41. The normalized spacial score (nSPS) is 23.5. The summed E-state index contributed by atoms with van der Waals surface area (Å²) >= 11 is 0. The fourth-order valence-corrected chi connectivity index (χ4v) is 3.18. The minimum atomic E-state index is -2.38. The number of aromatic nitrogens is 2. The second-order valence-corrected chi connectivity index (χ2v) is 7.73. The Morgan fingerprint density at radius 1 is 1.50 bits per heavy atom. The number of rotatable bonds is 6. The zero-order valence-electron chi connectivity index (χ0n) is 14.9. The predicted octanol–water partition coefficient (Wildman–Crippen LogP) is 2.30. The highest BCUT2D eigenvalue weighted by molar-refractivity contribution is 7.33. The number of nitrogens with one attached hydrogen (secondary N) is 1. The number of azide groups is 1. The van der Waals surface area contributed by atoms with Crippen LogP contribution in [-0.2, 0) is 18.3 Å². The van der Waals surface area contributed by atoms with Gasteiger partial charge in [0.2, 0.25) is 0 Å². The monoisotopic (exact) mass is 386 g/mol. The van der Waals surface area contributed by atoms with E-state index in [1.165, 1.54) is 10.8 Å². The van der Waals surface area contributed by atoms with Crippen LogP contribution in [0.5, 0.6) is 0 Å². The number of H-pyrrole nitrogens is 1. The van der Waals surface area contributed by atoms with E-state index in [4.69, 9.17) is 19.3 Å². The van der Waals surface area contributed by atoms with Crippen LogP contribution in [0, 0.1) is 6.92 Å². The van der Waals surface area contributed by atoms with Gasteiger partial charge in [-0.1, -0.05) is 5.11 Å². The highest BCUT2D eigenvalue weighted by atomic mass is 31.1. The summed E-state index contributed by atoms with van der Waals surface area (Å²) in [7, 11) is -2.38. The minimum Gasteiger partial charge on any atom is -0.352 e. The summed E-state index contributed by atoms with van der Waals surface area (Å²) < 4.78 is 29.1. The lowest BCUT2D eigenvalue weighted by Crippen LogP contribution is -2.33. The van der Waals surface area contributed by atoms with Crippen molar-refractivity contribution < 1.29 is 18.3 Å². The fraction of sp³-hybridized carbons (Fsp3) is 0.714. The Hall–Kier alpha value is -2.03. The molecule has 1 aliphatic heterocycles. The Bertz CT molecular complexity index is 837. The second kappa shape index (κ2) is 8.11. The average Bonchev–Trinajstić information content (AvgIpc) is 2.90. The Morgan fingerprint density at radius 2 is 2.19 bits per heavy atom. The Kier molecular flexibility index (Phi) is 6.33. The highest BCUT2D eigenvalue weighted by Gasteiger charge is 2.39. The van der Waals surface area contributed by atoms with Crippen molar-refractivity contribution in [3.63, 3.8) is 0 Å². The van der Waals surface area contributed by atoms with Gasteiger partial charge in [0, 0.05) is 27.7 Å². The predicted molar refractivity (Wildman–Crippen MR) is 91.9 cm³/mol. The zero-order valence-corrected chi connectivity index (χ0v) is 15.8. The quantitative estimate of drug-likeness (QED) is 0.343. The lowest BCUT2D eigenvalue weighted by molar-refractivity contribution is -0.0257. The first-order chi connectivity index (χ1) is 12.1. The molecule has 0 bridgehead atoms. The summed E-state index contributed by atoms with van der Waals surface area (Å²) in [4.78, 5) is 28.5. The van der Waals surface area contributed by atoms with Crippen LogP contribution in [-0.4, -0.2) is 33.9 Å². The minimum absolute atomic E-state index is 0.136. The molecule has 0 aliphatic carbocycles. The van der Waals surface area contributed by atoms with Crippen LogP contribution in [0.15, 0.2) is 20.9 Å². The first-order valence-electron chi connectivity index (χ1n) is 7.92. The van der Waals surface area contributed by atoms with E-state index in [1.54, 1.807) is 27.7 Å². The van der Waals surface area contributed by atoms with Crippen molar-refractivity contribution in [1.82, 2.24) is 9.55 Å². The molecule has 4 atom stereocenters. The Balaban J connectivity index is 2.12. The molecule has 1 unspecified atom stereocenters. The Labute approximate surface area is 149 Å². The number of aromatic amines is 1. The molecular weight excluding hydrogens is 365 g/mol. The maximum Gasteiger partial charge on any atom is 0.698 e. The summed E-state index contributed by atoms with van der Waals surface area (Å²) in [6.07, 6.45) is 0.132. The maximum atomic E-state index is 12.0. The first kappa shape index (κ1) is 20.3. The molecule has 0 amide bonds. The lowest BCUT2D eigenvalue weighted by atomic mass is 10.1. The third kappa shape index (κ3) is 5.23. The van der Waals surface area contributed by atoms with Gasteiger partial charge < -0.3 is 4.74 Å². The summed E-state index contributed by atoms with van der Waals surface area (Å²) in [6, 6.07) is -0.623. The molecule has 2 rings (SSSR count). The van der Waals surface area contributed by atoms with Gasteiger partial charge in [0.25, 0.3) is 5.56 Å². The van der Waals surface area contributed by atoms with Crippen molar-refractivity contribution in [1.29, 1.82) is 0 Å². The second-order valence-electron chi connectivity index (χ2n) is 6.84. The molecule has 0 spiro atoms. The average molecular weight is 386 g/mol. The van der Waals surface area contributed by atoms with Crippen molar-refractivity contribution in [2.75, 3.05) is 6.61 Å². The zero-order chi connectivity index (χ0) is 19.5. The van der Waals surface area contributed by atoms with E-state index >= 15 is 0 Å². The molecule has 2 heterocycles. The van der Waals surface area contributed by atoms with E-state index in [9.17, 15) is 14.2 Å². The van der Waals surface area contributed by atoms with Crippen molar-refractivity contribution in [3.05, 3.63) is 43.0 Å². The van der Waals surface area contributed by atoms with Crippen LogP contribution in [0.25, 0.3) is 10.4 Å². The highest BCUT2D eigenvalue weighted by Crippen LogP contribution is 2.35. The number of hydrogen-bond acceptors (Lipinski definition) is 7. The summed E-state index contributed by atoms with van der Waals surface area (Å²) in [5, 5.41) is 3.66. The third-order valence-electron chi connectivity index (χ3n) is 3.55. The number of hydrogen-bond donors (Lipinski definition) is 1. The number of nitrogens with zero attached hydrogens (tertiary/aromatic N) is 4. The van der Waals surface area contributed by atoms with Gasteiger partial charge in [-0.3, -0.25) is 14.3 Å². The van der Waals surface area contributed by atoms with Gasteiger partial charge in [0.1, 0.15) is 18.4 Å². The van der Waals surface area contributed by atoms with Gasteiger partial charge in [-0.05, 0) is 33.2 Å². The summed E-state index contributed by atoms with van der Waals surface area (Å²) in [6.45, 7) is 6.63. The van der Waals surface area contributed by atoms with Crippen LogP contribution >= 0.6 is 8.25 Å². The molecule has 1 aromatic rings. The molecule has 1 aliphatic rings.